The van der Waals surface area contributed by atoms with Crippen molar-refractivity contribution in [2.24, 2.45) is 5.41 Å². The third-order valence-electron chi connectivity index (χ3n) is 3.83. The molecule has 1 aliphatic carbocycles. The van der Waals surface area contributed by atoms with E-state index < -0.39 is 11.4 Å². The first-order chi connectivity index (χ1) is 8.14. The van der Waals surface area contributed by atoms with Crippen LogP contribution in [0.2, 0.25) is 0 Å². The molecule has 1 N–H and O–H groups in total. The van der Waals surface area contributed by atoms with Gasteiger partial charge in [0.25, 0.3) is 0 Å². The molecule has 1 aliphatic heterocycles. The second kappa shape index (κ2) is 5.04. The first-order valence-electron chi connectivity index (χ1n) is 6.23. The van der Waals surface area contributed by atoms with Gasteiger partial charge in [-0.05, 0) is 19.3 Å². The Morgan fingerprint density at radius 2 is 1.94 bits per heavy atom. The van der Waals surface area contributed by atoms with Gasteiger partial charge in [0.05, 0.1) is 12.0 Å². The summed E-state index contributed by atoms with van der Waals surface area (Å²) < 4.78 is 5.28. The number of carboxylic acid groups (broad SMARTS) is 1. The van der Waals surface area contributed by atoms with Crippen LogP contribution in [0.25, 0.3) is 0 Å². The molecule has 96 valence electrons. The summed E-state index contributed by atoms with van der Waals surface area (Å²) in [5, 5.41) is 9.19. The number of carbonyl (C=O) groups excluding carboxylic acids is 1. The van der Waals surface area contributed by atoms with Gasteiger partial charge in [-0.15, -0.1) is 0 Å². The van der Waals surface area contributed by atoms with Crippen LogP contribution in [0.5, 0.6) is 0 Å². The molecule has 2 rings (SSSR count). The maximum Gasteiger partial charge on any atom is 0.310 e. The molecule has 0 aromatic rings. The van der Waals surface area contributed by atoms with E-state index in [-0.39, 0.29) is 12.3 Å². The molecular formula is C12H19NO4. The topological polar surface area (TPSA) is 66.8 Å². The molecule has 0 atom stereocenters. The number of ether oxygens (including phenoxy) is 1. The zero-order chi connectivity index (χ0) is 12.3. The van der Waals surface area contributed by atoms with E-state index in [9.17, 15) is 14.7 Å². The molecule has 2 aliphatic rings. The minimum atomic E-state index is -0.817. The lowest BCUT2D eigenvalue weighted by Crippen LogP contribution is -2.44. The van der Waals surface area contributed by atoms with Gasteiger partial charge < -0.3 is 14.7 Å². The van der Waals surface area contributed by atoms with E-state index >= 15 is 0 Å². The van der Waals surface area contributed by atoms with Crippen LogP contribution in [0.15, 0.2) is 0 Å². The van der Waals surface area contributed by atoms with Crippen LogP contribution in [-0.4, -0.2) is 48.2 Å². The molecular weight excluding hydrogens is 222 g/mol. The molecule has 1 amide bonds. The monoisotopic (exact) mass is 241 g/mol. The van der Waals surface area contributed by atoms with Crippen molar-refractivity contribution >= 4 is 11.9 Å². The largest absolute Gasteiger partial charge is 0.481 e. The summed E-state index contributed by atoms with van der Waals surface area (Å²) >= 11 is 0. The minimum absolute atomic E-state index is 0.0300. The Labute approximate surface area is 101 Å². The summed E-state index contributed by atoms with van der Waals surface area (Å²) in [5.74, 6) is -0.847. The number of hydrogen-bond acceptors (Lipinski definition) is 3. The van der Waals surface area contributed by atoms with Gasteiger partial charge in [-0.1, -0.05) is 6.42 Å². The summed E-state index contributed by atoms with van der Waals surface area (Å²) in [6.45, 7) is 2.53. The van der Waals surface area contributed by atoms with Crippen LogP contribution in [0, 0.1) is 5.41 Å². The number of amides is 1. The molecule has 0 radical (unpaired) electrons. The molecule has 1 saturated heterocycles. The predicted octanol–water partition coefficient (Wildman–Crippen LogP) is 0.880. The first-order valence-corrected chi connectivity index (χ1v) is 6.23. The highest BCUT2D eigenvalue weighted by Gasteiger charge is 2.46. The van der Waals surface area contributed by atoms with Gasteiger partial charge in [0, 0.05) is 26.1 Å². The lowest BCUT2D eigenvalue weighted by molar-refractivity contribution is -0.159. The maximum atomic E-state index is 12.1. The molecule has 0 spiro atoms. The molecule has 5 nitrogen and oxygen atoms in total. The number of nitrogens with zero attached hydrogens (tertiary/aromatic N) is 1. The fourth-order valence-corrected chi connectivity index (χ4v) is 2.47. The van der Waals surface area contributed by atoms with E-state index in [1.54, 1.807) is 4.90 Å². The Morgan fingerprint density at radius 3 is 2.53 bits per heavy atom. The average molecular weight is 241 g/mol. The Kier molecular flexibility index (Phi) is 3.66. The van der Waals surface area contributed by atoms with E-state index in [1.807, 2.05) is 0 Å². The SMILES string of the molecule is O=C(CC1(C(=O)O)CCC1)N1CCCOCC1. The second-order valence-corrected chi connectivity index (χ2v) is 4.96. The molecule has 0 aromatic heterocycles. The summed E-state index contributed by atoms with van der Waals surface area (Å²) in [7, 11) is 0. The average Bonchev–Trinajstić information content (AvgIpc) is 2.50. The Balaban J connectivity index is 1.93. The standard InChI is InChI=1S/C12H19NO4/c14-10(13-5-2-7-17-8-6-13)9-12(11(15)16)3-1-4-12/h1-9H2,(H,15,16). The summed E-state index contributed by atoms with van der Waals surface area (Å²) in [4.78, 5) is 25.0. The van der Waals surface area contributed by atoms with Gasteiger partial charge in [0.1, 0.15) is 0 Å². The fourth-order valence-electron chi connectivity index (χ4n) is 2.47. The van der Waals surface area contributed by atoms with Crippen LogP contribution in [0.1, 0.15) is 32.1 Å². The van der Waals surface area contributed by atoms with E-state index in [1.165, 1.54) is 0 Å². The molecule has 1 heterocycles. The van der Waals surface area contributed by atoms with E-state index in [2.05, 4.69) is 0 Å². The van der Waals surface area contributed by atoms with Crippen LogP contribution < -0.4 is 0 Å². The second-order valence-electron chi connectivity index (χ2n) is 4.96. The summed E-state index contributed by atoms with van der Waals surface area (Å²) in [6.07, 6.45) is 3.19. The zero-order valence-corrected chi connectivity index (χ0v) is 9.98. The molecule has 17 heavy (non-hydrogen) atoms. The van der Waals surface area contributed by atoms with Gasteiger partial charge in [0.2, 0.25) is 5.91 Å². The number of hydrogen-bond donors (Lipinski definition) is 1. The van der Waals surface area contributed by atoms with Crippen molar-refractivity contribution in [1.82, 2.24) is 4.90 Å². The van der Waals surface area contributed by atoms with Crippen LogP contribution in [-0.2, 0) is 14.3 Å². The molecule has 1 saturated carbocycles. The van der Waals surface area contributed by atoms with Gasteiger partial charge in [-0.3, -0.25) is 9.59 Å². The Hall–Kier alpha value is -1.10. The lowest BCUT2D eigenvalue weighted by atomic mass is 9.66. The van der Waals surface area contributed by atoms with E-state index in [4.69, 9.17) is 4.74 Å². The van der Waals surface area contributed by atoms with Crippen molar-refractivity contribution < 1.29 is 19.4 Å². The lowest BCUT2D eigenvalue weighted by Gasteiger charge is -2.38. The minimum Gasteiger partial charge on any atom is -0.481 e. The van der Waals surface area contributed by atoms with Crippen molar-refractivity contribution in [1.29, 1.82) is 0 Å². The molecule has 0 bridgehead atoms. The first kappa shape index (κ1) is 12.4. The normalized spacial score (nSPS) is 23.6. The highest BCUT2D eigenvalue weighted by atomic mass is 16.5. The number of carboxylic acids is 1. The Morgan fingerprint density at radius 1 is 1.18 bits per heavy atom. The van der Waals surface area contributed by atoms with Gasteiger partial charge in [-0.25, -0.2) is 0 Å². The van der Waals surface area contributed by atoms with Gasteiger partial charge >= 0.3 is 5.97 Å². The zero-order valence-electron chi connectivity index (χ0n) is 9.98. The summed E-state index contributed by atoms with van der Waals surface area (Å²) in [6, 6.07) is 0. The molecule has 0 unspecified atom stereocenters. The van der Waals surface area contributed by atoms with Crippen molar-refractivity contribution in [2.45, 2.75) is 32.1 Å². The summed E-state index contributed by atoms with van der Waals surface area (Å²) in [5.41, 5.74) is -0.774. The van der Waals surface area contributed by atoms with Crippen molar-refractivity contribution in [3.05, 3.63) is 0 Å². The predicted molar refractivity (Wildman–Crippen MR) is 60.6 cm³/mol. The number of aliphatic carboxylic acids is 1. The third-order valence-corrected chi connectivity index (χ3v) is 3.83. The highest BCUT2D eigenvalue weighted by Crippen LogP contribution is 2.44. The van der Waals surface area contributed by atoms with E-state index in [0.29, 0.717) is 39.1 Å². The smallest absolute Gasteiger partial charge is 0.310 e. The quantitative estimate of drug-likeness (QED) is 0.796. The fraction of sp³-hybridized carbons (Fsp3) is 0.833. The van der Waals surface area contributed by atoms with E-state index in [0.717, 1.165) is 12.8 Å². The number of rotatable bonds is 3. The van der Waals surface area contributed by atoms with Crippen molar-refractivity contribution in [3.8, 4) is 0 Å². The molecule has 2 fully saturated rings. The number of carbonyl (C=O) groups is 2. The maximum absolute atomic E-state index is 12.1. The van der Waals surface area contributed by atoms with Gasteiger partial charge in [-0.2, -0.15) is 0 Å². The van der Waals surface area contributed by atoms with Crippen molar-refractivity contribution in [2.75, 3.05) is 26.3 Å². The van der Waals surface area contributed by atoms with Crippen LogP contribution in [0.4, 0.5) is 0 Å². The Bertz CT molecular complexity index is 304. The highest BCUT2D eigenvalue weighted by molar-refractivity contribution is 5.85. The molecule has 0 aromatic carbocycles. The van der Waals surface area contributed by atoms with Gasteiger partial charge in [0.15, 0.2) is 0 Å². The third kappa shape index (κ3) is 2.60. The molecule has 5 heteroatoms. The van der Waals surface area contributed by atoms with Crippen LogP contribution >= 0.6 is 0 Å². The van der Waals surface area contributed by atoms with Crippen molar-refractivity contribution in [3.63, 3.8) is 0 Å². The van der Waals surface area contributed by atoms with Crippen LogP contribution in [0.3, 0.4) is 0 Å².